The number of carbonyl (C=O) groups excluding carboxylic acids is 1. The van der Waals surface area contributed by atoms with Crippen molar-refractivity contribution < 1.29 is 28.5 Å². The van der Waals surface area contributed by atoms with Crippen LogP contribution in [-0.2, 0) is 21.2 Å². The Labute approximate surface area is 163 Å². The van der Waals surface area contributed by atoms with Crippen LogP contribution in [0.25, 0.3) is 0 Å². The van der Waals surface area contributed by atoms with Gasteiger partial charge in [0.15, 0.2) is 11.5 Å². The van der Waals surface area contributed by atoms with Crippen LogP contribution in [0.2, 0.25) is 0 Å². The van der Waals surface area contributed by atoms with Gasteiger partial charge >= 0.3 is 0 Å². The number of hydrogen-bond acceptors (Lipinski definition) is 6. The van der Waals surface area contributed by atoms with Crippen LogP contribution >= 0.6 is 0 Å². The summed E-state index contributed by atoms with van der Waals surface area (Å²) in [6.45, 7) is 1.00. The van der Waals surface area contributed by atoms with Gasteiger partial charge in [0.05, 0.1) is 4.90 Å². The fraction of sp³-hybridized carbons (Fsp3) is 0.316. The molecule has 0 radical (unpaired) electrons. The van der Waals surface area contributed by atoms with Crippen LogP contribution in [0.15, 0.2) is 41.3 Å². The monoisotopic (exact) mass is 406 g/mol. The van der Waals surface area contributed by atoms with E-state index in [0.29, 0.717) is 24.3 Å². The third kappa shape index (κ3) is 4.20. The van der Waals surface area contributed by atoms with E-state index in [2.05, 4.69) is 5.32 Å². The quantitative estimate of drug-likeness (QED) is 0.545. The van der Waals surface area contributed by atoms with Gasteiger partial charge < -0.3 is 20.6 Å². The van der Waals surface area contributed by atoms with Gasteiger partial charge in [0, 0.05) is 25.2 Å². The molecule has 3 rings (SSSR count). The van der Waals surface area contributed by atoms with Gasteiger partial charge in [0.2, 0.25) is 21.7 Å². The molecule has 1 aliphatic rings. The molecule has 1 aliphatic heterocycles. The summed E-state index contributed by atoms with van der Waals surface area (Å²) in [5, 5.41) is 31.3. The van der Waals surface area contributed by atoms with Crippen molar-refractivity contribution in [2.24, 2.45) is 0 Å². The second kappa shape index (κ2) is 8.07. The van der Waals surface area contributed by atoms with Crippen LogP contribution in [-0.4, -0.2) is 47.0 Å². The third-order valence-electron chi connectivity index (χ3n) is 4.66. The molecule has 9 heteroatoms. The van der Waals surface area contributed by atoms with Crippen LogP contribution in [0.4, 0.5) is 5.69 Å². The molecule has 1 saturated heterocycles. The van der Waals surface area contributed by atoms with Gasteiger partial charge in [-0.25, -0.2) is 8.42 Å². The van der Waals surface area contributed by atoms with E-state index in [1.807, 2.05) is 0 Å². The van der Waals surface area contributed by atoms with Crippen LogP contribution in [0.1, 0.15) is 24.8 Å². The number of phenols is 3. The maximum Gasteiger partial charge on any atom is 0.243 e. The van der Waals surface area contributed by atoms with Crippen LogP contribution in [0.3, 0.4) is 0 Å². The lowest BCUT2D eigenvalue weighted by atomic mass is 10.1. The number of hydrogen-bond donors (Lipinski definition) is 4. The summed E-state index contributed by atoms with van der Waals surface area (Å²) < 4.78 is 26.7. The zero-order valence-electron chi connectivity index (χ0n) is 15.1. The SMILES string of the molecule is O=C(CCc1ccc(O)c(O)c1O)Nc1cccc(S(=O)(=O)N2CCCC2)c1. The Hall–Kier alpha value is -2.78. The van der Waals surface area contributed by atoms with E-state index in [9.17, 15) is 28.5 Å². The lowest BCUT2D eigenvalue weighted by Crippen LogP contribution is -2.27. The van der Waals surface area contributed by atoms with E-state index in [1.165, 1.54) is 28.6 Å². The largest absolute Gasteiger partial charge is 0.504 e. The molecule has 0 spiro atoms. The topological polar surface area (TPSA) is 127 Å². The lowest BCUT2D eigenvalue weighted by Gasteiger charge is -2.16. The maximum atomic E-state index is 12.6. The first-order chi connectivity index (χ1) is 13.3. The van der Waals surface area contributed by atoms with Crippen molar-refractivity contribution >= 4 is 21.6 Å². The Balaban J connectivity index is 1.66. The number of aryl methyl sites for hydroxylation is 1. The average molecular weight is 406 g/mol. The highest BCUT2D eigenvalue weighted by atomic mass is 32.2. The zero-order valence-corrected chi connectivity index (χ0v) is 15.9. The number of nitrogens with one attached hydrogen (secondary N) is 1. The van der Waals surface area contributed by atoms with Crippen molar-refractivity contribution in [3.05, 3.63) is 42.0 Å². The molecule has 1 amide bonds. The fourth-order valence-electron chi connectivity index (χ4n) is 3.10. The second-order valence-corrected chi connectivity index (χ2v) is 8.57. The number of rotatable bonds is 6. The van der Waals surface area contributed by atoms with E-state index in [-0.39, 0.29) is 23.6 Å². The number of phenolic OH excluding ortho intramolecular Hbond substituents is 3. The van der Waals surface area contributed by atoms with Crippen molar-refractivity contribution in [1.82, 2.24) is 4.31 Å². The Morgan fingerprint density at radius 1 is 1.04 bits per heavy atom. The van der Waals surface area contributed by atoms with Crippen molar-refractivity contribution in [1.29, 1.82) is 0 Å². The van der Waals surface area contributed by atoms with Gasteiger partial charge in [-0.2, -0.15) is 4.31 Å². The summed E-state index contributed by atoms with van der Waals surface area (Å²) in [6.07, 6.45) is 1.82. The summed E-state index contributed by atoms with van der Waals surface area (Å²) >= 11 is 0. The highest BCUT2D eigenvalue weighted by Gasteiger charge is 2.27. The first-order valence-electron chi connectivity index (χ1n) is 8.92. The molecular formula is C19H22N2O6S. The first-order valence-corrected chi connectivity index (χ1v) is 10.4. The van der Waals surface area contributed by atoms with E-state index in [0.717, 1.165) is 12.8 Å². The van der Waals surface area contributed by atoms with Gasteiger partial charge in [-0.05, 0) is 49.1 Å². The van der Waals surface area contributed by atoms with Crippen molar-refractivity contribution in [3.8, 4) is 17.2 Å². The minimum Gasteiger partial charge on any atom is -0.504 e. The van der Waals surface area contributed by atoms with Crippen molar-refractivity contribution in [3.63, 3.8) is 0 Å². The number of amides is 1. The summed E-state index contributed by atoms with van der Waals surface area (Å²) in [4.78, 5) is 12.3. The van der Waals surface area contributed by atoms with Crippen LogP contribution < -0.4 is 5.32 Å². The number of aromatic hydroxyl groups is 3. The van der Waals surface area contributed by atoms with Gasteiger partial charge in [0.25, 0.3) is 0 Å². The molecular weight excluding hydrogens is 384 g/mol. The van der Waals surface area contributed by atoms with Gasteiger partial charge in [-0.1, -0.05) is 12.1 Å². The highest BCUT2D eigenvalue weighted by molar-refractivity contribution is 7.89. The summed E-state index contributed by atoms with van der Waals surface area (Å²) in [6, 6.07) is 8.75. The van der Waals surface area contributed by atoms with Crippen molar-refractivity contribution in [2.45, 2.75) is 30.6 Å². The van der Waals surface area contributed by atoms with Gasteiger partial charge in [-0.3, -0.25) is 4.79 Å². The third-order valence-corrected chi connectivity index (χ3v) is 6.55. The van der Waals surface area contributed by atoms with E-state index >= 15 is 0 Å². The summed E-state index contributed by atoms with van der Waals surface area (Å²) in [7, 11) is -3.57. The Bertz CT molecular complexity index is 984. The Kier molecular flexibility index (Phi) is 5.76. The van der Waals surface area contributed by atoms with E-state index in [4.69, 9.17) is 0 Å². The van der Waals surface area contributed by atoms with Crippen molar-refractivity contribution in [2.75, 3.05) is 18.4 Å². The molecule has 0 aromatic heterocycles. The molecule has 4 N–H and O–H groups in total. The number of nitrogens with zero attached hydrogens (tertiary/aromatic N) is 1. The minimum absolute atomic E-state index is 0.000871. The number of benzene rings is 2. The fourth-order valence-corrected chi connectivity index (χ4v) is 4.66. The highest BCUT2D eigenvalue weighted by Crippen LogP contribution is 2.37. The normalized spacial score (nSPS) is 14.9. The molecule has 1 fully saturated rings. The predicted molar refractivity (Wildman–Crippen MR) is 103 cm³/mol. The smallest absolute Gasteiger partial charge is 0.243 e. The molecule has 0 atom stereocenters. The predicted octanol–water partition coefficient (Wildman–Crippen LogP) is 2.16. The van der Waals surface area contributed by atoms with Gasteiger partial charge in [-0.15, -0.1) is 0 Å². The molecule has 2 aromatic rings. The Morgan fingerprint density at radius 3 is 2.46 bits per heavy atom. The summed E-state index contributed by atoms with van der Waals surface area (Å²) in [5.41, 5.74) is 0.679. The lowest BCUT2D eigenvalue weighted by molar-refractivity contribution is -0.116. The molecule has 2 aromatic carbocycles. The molecule has 28 heavy (non-hydrogen) atoms. The molecule has 0 unspecified atom stereocenters. The van der Waals surface area contributed by atoms with Crippen LogP contribution in [0.5, 0.6) is 17.2 Å². The summed E-state index contributed by atoms with van der Waals surface area (Å²) in [5.74, 6) is -1.91. The Morgan fingerprint density at radius 2 is 1.75 bits per heavy atom. The molecule has 0 saturated carbocycles. The number of anilines is 1. The van der Waals surface area contributed by atoms with Gasteiger partial charge in [0.1, 0.15) is 0 Å². The second-order valence-electron chi connectivity index (χ2n) is 6.63. The number of sulfonamides is 1. The zero-order chi connectivity index (χ0) is 20.3. The molecule has 8 nitrogen and oxygen atoms in total. The molecule has 1 heterocycles. The molecule has 150 valence electrons. The molecule has 0 bridgehead atoms. The molecule has 0 aliphatic carbocycles. The minimum atomic E-state index is -3.57. The average Bonchev–Trinajstić information content (AvgIpc) is 3.21. The van der Waals surface area contributed by atoms with E-state index in [1.54, 1.807) is 12.1 Å². The maximum absolute atomic E-state index is 12.6. The number of carbonyl (C=O) groups is 1. The first kappa shape index (κ1) is 20.0. The standard InChI is InChI=1S/C19H22N2O6S/c22-16-8-6-13(18(24)19(16)25)7-9-17(23)20-14-4-3-5-15(12-14)28(26,27)21-10-1-2-11-21/h3-6,8,12,22,24-25H,1-2,7,9-11H2,(H,20,23). The van der Waals surface area contributed by atoms with Crippen LogP contribution in [0, 0.1) is 0 Å². The van der Waals surface area contributed by atoms with E-state index < -0.39 is 27.3 Å².